The molecule has 0 aliphatic heterocycles. The minimum Gasteiger partial charge on any atom is -0.285 e. The Bertz CT molecular complexity index is 149. The number of hydrogen-bond donors (Lipinski definition) is 1. The lowest BCUT2D eigenvalue weighted by Crippen LogP contribution is -1.99. The van der Waals surface area contributed by atoms with Crippen LogP contribution in [0.2, 0.25) is 0 Å². The van der Waals surface area contributed by atoms with Crippen molar-refractivity contribution >= 4 is 21.9 Å². The molecule has 0 unspecified atom stereocenters. The van der Waals surface area contributed by atoms with Crippen LogP contribution < -0.4 is 0 Å². The molecule has 9 heavy (non-hydrogen) atoms. The third kappa shape index (κ3) is 8.26. The first-order valence-corrected chi connectivity index (χ1v) is 5.35. The molecule has 0 amide bonds. The van der Waals surface area contributed by atoms with Crippen LogP contribution in [0.25, 0.3) is 0 Å². The van der Waals surface area contributed by atoms with Gasteiger partial charge in [0.1, 0.15) is 5.08 Å². The molecule has 0 saturated carbocycles. The van der Waals surface area contributed by atoms with Crippen LogP contribution >= 0.6 is 11.8 Å². The van der Waals surface area contributed by atoms with Crippen molar-refractivity contribution in [2.75, 3.05) is 10.8 Å². The zero-order chi connectivity index (χ0) is 7.33. The van der Waals surface area contributed by atoms with Gasteiger partial charge in [0.05, 0.1) is 0 Å². The van der Waals surface area contributed by atoms with Crippen LogP contribution in [-0.4, -0.2) is 23.8 Å². The Balaban J connectivity index is 3.30. The molecule has 0 atom stereocenters. The van der Waals surface area contributed by atoms with Crippen molar-refractivity contribution in [2.45, 2.75) is 13.3 Å². The average Bonchev–Trinajstić information content (AvgIpc) is 1.63. The molecule has 0 aliphatic rings. The minimum atomic E-state index is -3.73. The van der Waals surface area contributed by atoms with E-state index in [4.69, 9.17) is 4.55 Å². The summed E-state index contributed by atoms with van der Waals surface area (Å²) >= 11 is 1.22. The third-order valence-electron chi connectivity index (χ3n) is 0.581. The molecule has 3 nitrogen and oxygen atoms in total. The first kappa shape index (κ1) is 9.26. The summed E-state index contributed by atoms with van der Waals surface area (Å²) in [4.78, 5) is 0. The van der Waals surface area contributed by atoms with Crippen LogP contribution in [0, 0.1) is 0 Å². The summed E-state index contributed by atoms with van der Waals surface area (Å²) in [5.74, 6) is 0.778. The maximum atomic E-state index is 10.0. The van der Waals surface area contributed by atoms with E-state index in [2.05, 4.69) is 0 Å². The van der Waals surface area contributed by atoms with Gasteiger partial charge in [-0.15, -0.1) is 11.8 Å². The Kier molecular flexibility index (Phi) is 4.26. The van der Waals surface area contributed by atoms with Crippen LogP contribution in [0.4, 0.5) is 0 Å². The van der Waals surface area contributed by atoms with E-state index in [1.807, 2.05) is 6.92 Å². The van der Waals surface area contributed by atoms with Gasteiger partial charge in [-0.05, 0) is 12.2 Å². The molecule has 0 aromatic rings. The molecule has 0 heterocycles. The quantitative estimate of drug-likeness (QED) is 0.504. The van der Waals surface area contributed by atoms with Crippen molar-refractivity contribution in [3.63, 3.8) is 0 Å². The fraction of sp³-hybridized carbons (Fsp3) is 1.00. The van der Waals surface area contributed by atoms with Crippen LogP contribution in [0.15, 0.2) is 0 Å². The van der Waals surface area contributed by atoms with E-state index < -0.39 is 10.1 Å². The van der Waals surface area contributed by atoms with Crippen molar-refractivity contribution in [1.82, 2.24) is 0 Å². The summed E-state index contributed by atoms with van der Waals surface area (Å²) in [7, 11) is -3.73. The summed E-state index contributed by atoms with van der Waals surface area (Å²) < 4.78 is 28.3. The zero-order valence-electron chi connectivity index (χ0n) is 5.20. The van der Waals surface area contributed by atoms with Gasteiger partial charge in [0, 0.05) is 0 Å². The van der Waals surface area contributed by atoms with Crippen molar-refractivity contribution in [3.8, 4) is 0 Å². The molecule has 0 aromatic carbocycles. The first-order valence-electron chi connectivity index (χ1n) is 2.59. The standard InChI is InChI=1S/C4H10O3S2/c1-2-3-8-4-9(5,6)7/h2-4H2,1H3,(H,5,6,7). The molecule has 1 N–H and O–H groups in total. The van der Waals surface area contributed by atoms with E-state index in [1.165, 1.54) is 11.8 Å². The summed E-state index contributed by atoms with van der Waals surface area (Å²) in [6, 6.07) is 0. The predicted molar refractivity (Wildman–Crippen MR) is 39.2 cm³/mol. The number of thioether (sulfide) groups is 1. The molecule has 56 valence electrons. The minimum absolute atomic E-state index is 0.180. The molecule has 0 saturated heterocycles. The lowest BCUT2D eigenvalue weighted by molar-refractivity contribution is 0.489. The van der Waals surface area contributed by atoms with Gasteiger partial charge in [-0.1, -0.05) is 6.92 Å². The summed E-state index contributed by atoms with van der Waals surface area (Å²) in [6.07, 6.45) is 0.931. The molecule has 0 rings (SSSR count). The van der Waals surface area contributed by atoms with Gasteiger partial charge >= 0.3 is 0 Å². The number of hydrogen-bond acceptors (Lipinski definition) is 3. The summed E-state index contributed by atoms with van der Waals surface area (Å²) in [6.45, 7) is 1.96. The van der Waals surface area contributed by atoms with E-state index in [0.717, 1.165) is 12.2 Å². The second-order valence-corrected chi connectivity index (χ2v) is 4.53. The smallest absolute Gasteiger partial charge is 0.274 e. The molecular weight excluding hydrogens is 160 g/mol. The van der Waals surface area contributed by atoms with Crippen LogP contribution in [0.5, 0.6) is 0 Å². The van der Waals surface area contributed by atoms with Gasteiger partial charge in [-0.2, -0.15) is 8.42 Å². The van der Waals surface area contributed by atoms with Gasteiger partial charge in [-0.25, -0.2) is 0 Å². The van der Waals surface area contributed by atoms with Crippen LogP contribution in [0.3, 0.4) is 0 Å². The molecule has 0 bridgehead atoms. The molecule has 5 heteroatoms. The van der Waals surface area contributed by atoms with Gasteiger partial charge in [0.25, 0.3) is 10.1 Å². The van der Waals surface area contributed by atoms with Crippen molar-refractivity contribution in [3.05, 3.63) is 0 Å². The maximum Gasteiger partial charge on any atom is 0.274 e. The van der Waals surface area contributed by atoms with E-state index in [1.54, 1.807) is 0 Å². The van der Waals surface area contributed by atoms with Crippen LogP contribution in [0.1, 0.15) is 13.3 Å². The highest BCUT2D eigenvalue weighted by Gasteiger charge is 2.01. The third-order valence-corrected chi connectivity index (χ3v) is 3.14. The fourth-order valence-electron chi connectivity index (χ4n) is 0.309. The average molecular weight is 170 g/mol. The summed E-state index contributed by atoms with van der Waals surface area (Å²) in [5.41, 5.74) is 0. The van der Waals surface area contributed by atoms with Crippen molar-refractivity contribution in [1.29, 1.82) is 0 Å². The second kappa shape index (κ2) is 4.14. The monoisotopic (exact) mass is 170 g/mol. The Morgan fingerprint density at radius 2 is 2.11 bits per heavy atom. The van der Waals surface area contributed by atoms with Gasteiger partial charge in [0.15, 0.2) is 0 Å². The van der Waals surface area contributed by atoms with Gasteiger partial charge in [0.2, 0.25) is 0 Å². The van der Waals surface area contributed by atoms with E-state index >= 15 is 0 Å². The predicted octanol–water partition coefficient (Wildman–Crippen LogP) is 0.975. The molecular formula is C4H10O3S2. The van der Waals surface area contributed by atoms with E-state index in [0.29, 0.717) is 0 Å². The highest BCUT2D eigenvalue weighted by molar-refractivity contribution is 8.10. The molecule has 0 radical (unpaired) electrons. The lowest BCUT2D eigenvalue weighted by atomic mass is 10.6. The van der Waals surface area contributed by atoms with Crippen LogP contribution in [-0.2, 0) is 10.1 Å². The highest BCUT2D eigenvalue weighted by Crippen LogP contribution is 2.04. The summed E-state index contributed by atoms with van der Waals surface area (Å²) in [5, 5.41) is -0.180. The van der Waals surface area contributed by atoms with Gasteiger partial charge in [-0.3, -0.25) is 4.55 Å². The first-order chi connectivity index (χ1) is 4.06. The lowest BCUT2D eigenvalue weighted by Gasteiger charge is -1.93. The Hall–Kier alpha value is 0.260. The molecule has 0 aromatic heterocycles. The zero-order valence-corrected chi connectivity index (χ0v) is 6.83. The SMILES string of the molecule is CCCSCS(=O)(=O)O. The Labute approximate surface area is 59.6 Å². The second-order valence-electron chi connectivity index (χ2n) is 1.61. The normalized spacial score (nSPS) is 11.8. The van der Waals surface area contributed by atoms with Crippen molar-refractivity contribution in [2.24, 2.45) is 0 Å². The molecule has 0 fully saturated rings. The number of rotatable bonds is 4. The highest BCUT2D eigenvalue weighted by atomic mass is 32.3. The molecule has 0 spiro atoms. The Morgan fingerprint density at radius 3 is 2.44 bits per heavy atom. The maximum absolute atomic E-state index is 10.0. The molecule has 0 aliphatic carbocycles. The fourth-order valence-corrected chi connectivity index (χ4v) is 1.91. The van der Waals surface area contributed by atoms with Crippen molar-refractivity contribution < 1.29 is 13.0 Å². The topological polar surface area (TPSA) is 54.4 Å². The van der Waals surface area contributed by atoms with E-state index in [-0.39, 0.29) is 5.08 Å². The van der Waals surface area contributed by atoms with Gasteiger partial charge < -0.3 is 0 Å². The Morgan fingerprint density at radius 1 is 1.56 bits per heavy atom. The largest absolute Gasteiger partial charge is 0.285 e. The van der Waals surface area contributed by atoms with E-state index in [9.17, 15) is 8.42 Å².